The fourth-order valence-electron chi connectivity index (χ4n) is 4.52. The quantitative estimate of drug-likeness (QED) is 0.271. The molecule has 1 heterocycles. The molecule has 0 atom stereocenters. The van der Waals surface area contributed by atoms with E-state index in [2.05, 4.69) is 104 Å². The van der Waals surface area contributed by atoms with Crippen LogP contribution in [0, 0.1) is 6.92 Å². The van der Waals surface area contributed by atoms with E-state index in [9.17, 15) is 0 Å². The molecule has 1 heteroatoms. The van der Waals surface area contributed by atoms with Crippen molar-refractivity contribution in [3.05, 3.63) is 103 Å². The van der Waals surface area contributed by atoms with Crippen LogP contribution >= 0.6 is 0 Å². The summed E-state index contributed by atoms with van der Waals surface area (Å²) in [6.07, 6.45) is 0. The molecule has 0 saturated heterocycles. The lowest BCUT2D eigenvalue weighted by Gasteiger charge is -2.15. The Hall–Kier alpha value is -3.71. The van der Waals surface area contributed by atoms with E-state index in [1.807, 2.05) is 0 Å². The summed E-state index contributed by atoms with van der Waals surface area (Å²) in [5, 5.41) is 8.71. The molecule has 136 valence electrons. The van der Waals surface area contributed by atoms with Crippen LogP contribution in [0.5, 0.6) is 0 Å². The normalized spacial score (nSPS) is 11.6. The van der Waals surface area contributed by atoms with E-state index in [0.717, 1.165) is 16.8 Å². The molecule has 6 aromatic rings. The highest BCUT2D eigenvalue weighted by Crippen LogP contribution is 2.40. The average molecular weight is 369 g/mol. The molecule has 0 amide bonds. The Morgan fingerprint density at radius 1 is 0.483 bits per heavy atom. The number of benzene rings is 5. The number of nitrogens with zero attached hydrogens (tertiary/aromatic N) is 1. The minimum absolute atomic E-state index is 1.05. The van der Waals surface area contributed by atoms with Crippen molar-refractivity contribution >= 4 is 43.2 Å². The fraction of sp³-hybridized carbons (Fsp3) is 0.0357. The van der Waals surface area contributed by atoms with Crippen molar-refractivity contribution in [3.8, 4) is 11.3 Å². The molecule has 5 aromatic carbocycles. The number of aryl methyl sites for hydroxylation is 1. The summed E-state index contributed by atoms with van der Waals surface area (Å²) in [5.41, 5.74) is 4.54. The lowest BCUT2D eigenvalue weighted by molar-refractivity contribution is 1.42. The van der Waals surface area contributed by atoms with Gasteiger partial charge in [-0.15, -0.1) is 0 Å². The minimum Gasteiger partial charge on any atom is -0.246 e. The highest BCUT2D eigenvalue weighted by atomic mass is 14.7. The summed E-state index contributed by atoms with van der Waals surface area (Å²) in [7, 11) is 0. The van der Waals surface area contributed by atoms with Crippen LogP contribution in [0.1, 0.15) is 5.56 Å². The molecule has 0 aliphatic heterocycles. The van der Waals surface area contributed by atoms with Crippen molar-refractivity contribution in [1.29, 1.82) is 0 Å². The molecule has 0 spiro atoms. The van der Waals surface area contributed by atoms with Gasteiger partial charge >= 0.3 is 0 Å². The van der Waals surface area contributed by atoms with E-state index in [-0.39, 0.29) is 0 Å². The van der Waals surface area contributed by atoms with Gasteiger partial charge in [-0.3, -0.25) is 0 Å². The van der Waals surface area contributed by atoms with Crippen LogP contribution in [0.25, 0.3) is 54.5 Å². The van der Waals surface area contributed by atoms with Gasteiger partial charge < -0.3 is 0 Å². The molecule has 0 bridgehead atoms. The zero-order valence-electron chi connectivity index (χ0n) is 16.2. The third kappa shape index (κ3) is 2.37. The molecular formula is C28H19N. The smallest absolute Gasteiger partial charge is 0.0800 e. The molecule has 0 N–H and O–H groups in total. The summed E-state index contributed by atoms with van der Waals surface area (Å²) in [5.74, 6) is 0. The predicted molar refractivity (Wildman–Crippen MR) is 124 cm³/mol. The van der Waals surface area contributed by atoms with Gasteiger partial charge in [-0.05, 0) is 28.5 Å². The van der Waals surface area contributed by atoms with Gasteiger partial charge in [-0.25, -0.2) is 4.98 Å². The van der Waals surface area contributed by atoms with E-state index in [1.165, 1.54) is 43.3 Å². The topological polar surface area (TPSA) is 12.9 Å². The predicted octanol–water partition coefficient (Wildman–Crippen LogP) is 7.67. The number of pyridine rings is 1. The van der Waals surface area contributed by atoms with E-state index in [0.29, 0.717) is 0 Å². The third-order valence-corrected chi connectivity index (χ3v) is 5.91. The maximum absolute atomic E-state index is 5.28. The molecule has 29 heavy (non-hydrogen) atoms. The molecule has 1 nitrogen and oxygen atoms in total. The van der Waals surface area contributed by atoms with Gasteiger partial charge in [0.25, 0.3) is 0 Å². The van der Waals surface area contributed by atoms with Gasteiger partial charge in [0.2, 0.25) is 0 Å². The lowest BCUT2D eigenvalue weighted by Crippen LogP contribution is -1.92. The average Bonchev–Trinajstić information content (AvgIpc) is 2.79. The van der Waals surface area contributed by atoms with Crippen LogP contribution < -0.4 is 0 Å². The van der Waals surface area contributed by atoms with Gasteiger partial charge in [-0.2, -0.15) is 0 Å². The van der Waals surface area contributed by atoms with Crippen molar-refractivity contribution in [2.24, 2.45) is 0 Å². The molecule has 0 aliphatic rings. The number of rotatable bonds is 1. The second-order valence-electron chi connectivity index (χ2n) is 7.69. The Balaban J connectivity index is 1.91. The fourth-order valence-corrected chi connectivity index (χ4v) is 4.52. The largest absolute Gasteiger partial charge is 0.246 e. The van der Waals surface area contributed by atoms with E-state index < -0.39 is 0 Å². The zero-order valence-corrected chi connectivity index (χ0v) is 16.2. The van der Waals surface area contributed by atoms with E-state index in [1.54, 1.807) is 0 Å². The number of hydrogen-bond acceptors (Lipinski definition) is 1. The number of fused-ring (bicyclic) bond motifs is 8. The molecular weight excluding hydrogens is 350 g/mol. The van der Waals surface area contributed by atoms with Crippen molar-refractivity contribution in [1.82, 2.24) is 4.98 Å². The van der Waals surface area contributed by atoms with E-state index >= 15 is 0 Å². The maximum Gasteiger partial charge on any atom is 0.0800 e. The Bertz CT molecular complexity index is 1540. The van der Waals surface area contributed by atoms with Gasteiger partial charge in [0.1, 0.15) is 0 Å². The van der Waals surface area contributed by atoms with Gasteiger partial charge in [0.15, 0.2) is 0 Å². The summed E-state index contributed by atoms with van der Waals surface area (Å²) >= 11 is 0. The highest BCUT2D eigenvalue weighted by molar-refractivity contribution is 6.31. The van der Waals surface area contributed by atoms with Crippen LogP contribution in [0.3, 0.4) is 0 Å². The summed E-state index contributed by atoms with van der Waals surface area (Å²) in [6.45, 7) is 2.12. The van der Waals surface area contributed by atoms with Crippen molar-refractivity contribution in [2.45, 2.75) is 6.92 Å². The molecule has 0 radical (unpaired) electrons. The Kier molecular flexibility index (Phi) is 3.45. The minimum atomic E-state index is 1.05. The van der Waals surface area contributed by atoms with Crippen molar-refractivity contribution in [2.75, 3.05) is 0 Å². The molecule has 0 unspecified atom stereocenters. The van der Waals surface area contributed by atoms with Gasteiger partial charge in [0.05, 0.1) is 11.2 Å². The van der Waals surface area contributed by atoms with E-state index in [4.69, 9.17) is 4.98 Å². The Morgan fingerprint density at radius 3 is 1.62 bits per heavy atom. The first-order valence-electron chi connectivity index (χ1n) is 10.0. The first-order chi connectivity index (χ1) is 14.3. The van der Waals surface area contributed by atoms with Crippen LogP contribution in [0.2, 0.25) is 0 Å². The maximum atomic E-state index is 5.28. The second-order valence-corrected chi connectivity index (χ2v) is 7.69. The Labute approximate surface area is 169 Å². The van der Waals surface area contributed by atoms with Gasteiger partial charge in [-0.1, -0.05) is 103 Å². The summed E-state index contributed by atoms with van der Waals surface area (Å²) in [6, 6.07) is 34.7. The van der Waals surface area contributed by atoms with Crippen molar-refractivity contribution in [3.63, 3.8) is 0 Å². The highest BCUT2D eigenvalue weighted by Gasteiger charge is 2.15. The third-order valence-electron chi connectivity index (χ3n) is 5.91. The molecule has 0 aliphatic carbocycles. The summed E-state index contributed by atoms with van der Waals surface area (Å²) < 4.78 is 0. The van der Waals surface area contributed by atoms with Crippen molar-refractivity contribution < 1.29 is 0 Å². The summed E-state index contributed by atoms with van der Waals surface area (Å²) in [4.78, 5) is 5.28. The number of hydrogen-bond donors (Lipinski definition) is 0. The zero-order chi connectivity index (χ0) is 19.4. The SMILES string of the molecule is Cc1ccc(-c2nc3c4ccccc4c4ccccc4c3c3ccccc23)cc1. The monoisotopic (exact) mass is 369 g/mol. The first kappa shape index (κ1) is 16.3. The van der Waals surface area contributed by atoms with Crippen LogP contribution in [0.15, 0.2) is 97.1 Å². The molecule has 0 fully saturated rings. The Morgan fingerprint density at radius 2 is 0.966 bits per heavy atom. The lowest BCUT2D eigenvalue weighted by atomic mass is 9.92. The standard InChI is InChI=1S/C28H19N/c1-18-14-16-19(17-15-18)27-25-13-7-5-11-23(25)26-22-10-4-2-8-20(22)21-9-3-6-12-24(21)28(26)29-27/h2-17H,1H3. The van der Waals surface area contributed by atoms with Crippen LogP contribution in [0.4, 0.5) is 0 Å². The first-order valence-corrected chi connectivity index (χ1v) is 10.0. The van der Waals surface area contributed by atoms with Crippen LogP contribution in [-0.4, -0.2) is 4.98 Å². The molecule has 6 rings (SSSR count). The molecule has 1 aromatic heterocycles. The number of aromatic nitrogens is 1. The second kappa shape index (κ2) is 6.15. The molecule has 0 saturated carbocycles. The van der Waals surface area contributed by atoms with Crippen LogP contribution in [-0.2, 0) is 0 Å². The van der Waals surface area contributed by atoms with Gasteiger partial charge in [0, 0.05) is 21.7 Å².